The Morgan fingerprint density at radius 2 is 1.90 bits per heavy atom. The molecular formula is C11H20N4O4S2. The second-order valence-electron chi connectivity index (χ2n) is 5.24. The van der Waals surface area contributed by atoms with E-state index < -0.39 is 25.6 Å². The van der Waals surface area contributed by atoms with E-state index >= 15 is 0 Å². The number of nitrogens with two attached hydrogens (primary N) is 1. The first-order valence-electron chi connectivity index (χ1n) is 6.09. The van der Waals surface area contributed by atoms with Crippen LogP contribution in [0.5, 0.6) is 0 Å². The van der Waals surface area contributed by atoms with Crippen molar-refractivity contribution in [2.45, 2.75) is 30.8 Å². The van der Waals surface area contributed by atoms with Crippen molar-refractivity contribution in [3.8, 4) is 0 Å². The van der Waals surface area contributed by atoms with Crippen molar-refractivity contribution >= 4 is 20.0 Å². The predicted octanol–water partition coefficient (Wildman–Crippen LogP) is -0.854. The number of hydrogen-bond acceptors (Lipinski definition) is 6. The van der Waals surface area contributed by atoms with E-state index in [4.69, 9.17) is 5.73 Å². The van der Waals surface area contributed by atoms with Gasteiger partial charge < -0.3 is 5.73 Å². The number of nitrogens with zero attached hydrogens (tertiary/aromatic N) is 1. The summed E-state index contributed by atoms with van der Waals surface area (Å²) in [4.78, 5) is 3.90. The van der Waals surface area contributed by atoms with Crippen molar-refractivity contribution in [3.05, 3.63) is 24.0 Å². The van der Waals surface area contributed by atoms with E-state index in [1.807, 2.05) is 0 Å². The van der Waals surface area contributed by atoms with Gasteiger partial charge in [-0.3, -0.25) is 4.98 Å². The highest BCUT2D eigenvalue weighted by molar-refractivity contribution is 7.89. The monoisotopic (exact) mass is 336 g/mol. The zero-order valence-electron chi connectivity index (χ0n) is 12.1. The van der Waals surface area contributed by atoms with Crippen molar-refractivity contribution in [1.82, 2.24) is 14.4 Å². The van der Waals surface area contributed by atoms with Gasteiger partial charge in [0.15, 0.2) is 0 Å². The van der Waals surface area contributed by atoms with Gasteiger partial charge in [-0.15, -0.1) is 0 Å². The van der Waals surface area contributed by atoms with Crippen LogP contribution in [0.4, 0.5) is 0 Å². The molecule has 0 aliphatic heterocycles. The molecular weight excluding hydrogens is 316 g/mol. The summed E-state index contributed by atoms with van der Waals surface area (Å²) in [5.74, 6) is 0. The minimum absolute atomic E-state index is 0.0114. The van der Waals surface area contributed by atoms with E-state index in [-0.39, 0.29) is 23.7 Å². The van der Waals surface area contributed by atoms with E-state index in [1.165, 1.54) is 18.3 Å². The fourth-order valence-corrected chi connectivity index (χ4v) is 4.20. The summed E-state index contributed by atoms with van der Waals surface area (Å²) < 4.78 is 51.7. The van der Waals surface area contributed by atoms with Gasteiger partial charge in [0.25, 0.3) is 0 Å². The summed E-state index contributed by atoms with van der Waals surface area (Å²) in [7, 11) is -7.26. The fourth-order valence-electron chi connectivity index (χ4n) is 1.71. The Labute approximate surface area is 125 Å². The molecule has 0 bridgehead atoms. The van der Waals surface area contributed by atoms with Crippen LogP contribution in [0.2, 0.25) is 0 Å². The second-order valence-corrected chi connectivity index (χ2v) is 8.72. The molecule has 0 spiro atoms. The lowest BCUT2D eigenvalue weighted by molar-refractivity contribution is 0.445. The first-order chi connectivity index (χ1) is 9.47. The summed E-state index contributed by atoms with van der Waals surface area (Å²) in [5.41, 5.74) is 4.75. The van der Waals surface area contributed by atoms with Gasteiger partial charge in [-0.2, -0.15) is 0 Å². The Balaban J connectivity index is 2.92. The second kappa shape index (κ2) is 6.36. The predicted molar refractivity (Wildman–Crippen MR) is 79.4 cm³/mol. The minimum atomic E-state index is -3.82. The molecule has 0 radical (unpaired) electrons. The average molecular weight is 336 g/mol. The van der Waals surface area contributed by atoms with Crippen LogP contribution in [0.25, 0.3) is 0 Å². The molecule has 1 rings (SSSR count). The van der Waals surface area contributed by atoms with Gasteiger partial charge in [0.05, 0.1) is 11.9 Å². The van der Waals surface area contributed by atoms with Gasteiger partial charge in [0, 0.05) is 24.8 Å². The summed E-state index contributed by atoms with van der Waals surface area (Å²) in [6.45, 7) is 3.02. The van der Waals surface area contributed by atoms with Crippen LogP contribution in [-0.4, -0.2) is 40.2 Å². The molecule has 0 atom stereocenters. The maximum absolute atomic E-state index is 12.2. The van der Waals surface area contributed by atoms with E-state index in [1.54, 1.807) is 13.8 Å². The molecule has 0 unspecified atom stereocenters. The molecule has 1 aromatic heterocycles. The van der Waals surface area contributed by atoms with Gasteiger partial charge in [-0.05, 0) is 26.0 Å². The molecule has 1 heterocycles. The lowest BCUT2D eigenvalue weighted by atomic mass is 10.1. The van der Waals surface area contributed by atoms with Crippen molar-refractivity contribution in [2.75, 3.05) is 12.8 Å². The molecule has 120 valence electrons. The van der Waals surface area contributed by atoms with Crippen molar-refractivity contribution < 1.29 is 16.8 Å². The van der Waals surface area contributed by atoms with Gasteiger partial charge in [-0.25, -0.2) is 26.3 Å². The minimum Gasteiger partial charge on any atom is -0.325 e. The van der Waals surface area contributed by atoms with Crippen LogP contribution < -0.4 is 15.2 Å². The number of hydrogen-bond donors (Lipinski definition) is 3. The Kier molecular flexibility index (Phi) is 5.45. The molecule has 0 saturated heterocycles. The molecule has 4 N–H and O–H groups in total. The van der Waals surface area contributed by atoms with Crippen LogP contribution in [-0.2, 0) is 26.6 Å². The van der Waals surface area contributed by atoms with Gasteiger partial charge in [0.2, 0.25) is 20.0 Å². The number of nitrogens with one attached hydrogen (secondary N) is 2. The lowest BCUT2D eigenvalue weighted by Crippen LogP contribution is -2.51. The SMILES string of the molecule is CC(C)(CNS(=O)(=O)c1cccnc1CN)NS(C)(=O)=O. The zero-order valence-corrected chi connectivity index (χ0v) is 13.8. The molecule has 1 aromatic rings. The van der Waals surface area contributed by atoms with Crippen LogP contribution >= 0.6 is 0 Å². The highest BCUT2D eigenvalue weighted by Gasteiger charge is 2.26. The third-order valence-electron chi connectivity index (χ3n) is 2.50. The zero-order chi connectivity index (χ0) is 16.3. The van der Waals surface area contributed by atoms with Crippen molar-refractivity contribution in [2.24, 2.45) is 5.73 Å². The molecule has 10 heteroatoms. The molecule has 21 heavy (non-hydrogen) atoms. The third-order valence-corrected chi connectivity index (χ3v) is 4.90. The first-order valence-corrected chi connectivity index (χ1v) is 9.47. The lowest BCUT2D eigenvalue weighted by Gasteiger charge is -2.25. The topological polar surface area (TPSA) is 131 Å². The maximum Gasteiger partial charge on any atom is 0.242 e. The first kappa shape index (κ1) is 18.0. The Morgan fingerprint density at radius 1 is 1.29 bits per heavy atom. The van der Waals surface area contributed by atoms with Gasteiger partial charge in [0.1, 0.15) is 4.90 Å². The Morgan fingerprint density at radius 3 is 2.43 bits per heavy atom. The molecule has 0 aromatic carbocycles. The number of rotatable bonds is 7. The van der Waals surface area contributed by atoms with Gasteiger partial charge >= 0.3 is 0 Å². The fraction of sp³-hybridized carbons (Fsp3) is 0.545. The van der Waals surface area contributed by atoms with E-state index in [0.717, 1.165) is 6.26 Å². The van der Waals surface area contributed by atoms with Crippen LogP contribution in [0.1, 0.15) is 19.5 Å². The summed E-state index contributed by atoms with van der Waals surface area (Å²) >= 11 is 0. The smallest absolute Gasteiger partial charge is 0.242 e. The Bertz CT molecular complexity index is 699. The standard InChI is InChI=1S/C11H20N4O4S2/c1-11(2,15-20(3,16)17)8-14-21(18,19)10-5-4-6-13-9(10)7-12/h4-6,14-15H,7-8,12H2,1-3H3. The van der Waals surface area contributed by atoms with E-state index in [0.29, 0.717) is 0 Å². The average Bonchev–Trinajstić information content (AvgIpc) is 2.34. The summed E-state index contributed by atoms with van der Waals surface area (Å²) in [6, 6.07) is 2.89. The largest absolute Gasteiger partial charge is 0.325 e. The molecule has 0 saturated carbocycles. The summed E-state index contributed by atoms with van der Waals surface area (Å²) in [5, 5.41) is 0. The normalized spacial score (nSPS) is 13.3. The molecule has 0 amide bonds. The van der Waals surface area contributed by atoms with Crippen LogP contribution in [0.3, 0.4) is 0 Å². The van der Waals surface area contributed by atoms with Crippen LogP contribution in [0.15, 0.2) is 23.2 Å². The maximum atomic E-state index is 12.2. The Hall–Kier alpha value is -1.07. The van der Waals surface area contributed by atoms with E-state index in [2.05, 4.69) is 14.4 Å². The molecule has 0 fully saturated rings. The highest BCUT2D eigenvalue weighted by Crippen LogP contribution is 2.13. The van der Waals surface area contributed by atoms with Crippen LogP contribution in [0, 0.1) is 0 Å². The number of sulfonamides is 2. The molecule has 8 nitrogen and oxygen atoms in total. The number of aromatic nitrogens is 1. The molecule has 0 aliphatic carbocycles. The van der Waals surface area contributed by atoms with E-state index in [9.17, 15) is 16.8 Å². The number of pyridine rings is 1. The van der Waals surface area contributed by atoms with Gasteiger partial charge in [-0.1, -0.05) is 0 Å². The quantitative estimate of drug-likeness (QED) is 0.594. The third kappa shape index (κ3) is 5.67. The highest BCUT2D eigenvalue weighted by atomic mass is 32.2. The van der Waals surface area contributed by atoms with Crippen molar-refractivity contribution in [3.63, 3.8) is 0 Å². The molecule has 0 aliphatic rings. The summed E-state index contributed by atoms with van der Waals surface area (Å²) in [6.07, 6.45) is 2.47. The van der Waals surface area contributed by atoms with Crippen molar-refractivity contribution in [1.29, 1.82) is 0 Å².